The molecule has 1 saturated carbocycles. The van der Waals surface area contributed by atoms with Crippen molar-refractivity contribution in [3.63, 3.8) is 0 Å². The smallest absolute Gasteiger partial charge is 0.240 e. The van der Waals surface area contributed by atoms with Crippen molar-refractivity contribution < 1.29 is 4.74 Å². The molecule has 0 aromatic carbocycles. The van der Waals surface area contributed by atoms with Gasteiger partial charge in [0.15, 0.2) is 0 Å². The Hall–Kier alpha value is -1.07. The first-order valence-corrected chi connectivity index (χ1v) is 6.62. The van der Waals surface area contributed by atoms with Crippen LogP contribution >= 0.6 is 11.6 Å². The molecule has 1 aromatic rings. The molecule has 1 aliphatic carbocycles. The molecule has 0 spiro atoms. The lowest BCUT2D eigenvalue weighted by molar-refractivity contribution is 0.0968. The molecule has 2 rings (SSSR count). The minimum Gasteiger partial charge on any atom is -0.473 e. The second-order valence-corrected chi connectivity index (χ2v) is 5.56. The highest BCUT2D eigenvalue weighted by Crippen LogP contribution is 2.32. The van der Waals surface area contributed by atoms with Crippen LogP contribution in [0.25, 0.3) is 0 Å². The number of hydrazine groups is 1. The number of halogens is 1. The van der Waals surface area contributed by atoms with E-state index in [9.17, 15) is 0 Å². The van der Waals surface area contributed by atoms with Crippen molar-refractivity contribution in [3.8, 4) is 5.88 Å². The topological polar surface area (TPSA) is 73.1 Å². The van der Waals surface area contributed by atoms with Gasteiger partial charge in [0, 0.05) is 0 Å². The minimum atomic E-state index is 0.168. The molecule has 100 valence electrons. The van der Waals surface area contributed by atoms with Crippen molar-refractivity contribution in [1.82, 2.24) is 9.97 Å². The summed E-state index contributed by atoms with van der Waals surface area (Å²) in [5.74, 6) is 7.34. The van der Waals surface area contributed by atoms with Crippen LogP contribution in [0.2, 0.25) is 5.02 Å². The van der Waals surface area contributed by atoms with Crippen LogP contribution < -0.4 is 16.0 Å². The molecule has 1 aliphatic rings. The first kappa shape index (κ1) is 13.4. The zero-order chi connectivity index (χ0) is 13.1. The number of nitrogens with two attached hydrogens (primary N) is 1. The van der Waals surface area contributed by atoms with Gasteiger partial charge in [0.05, 0.1) is 6.20 Å². The van der Waals surface area contributed by atoms with Gasteiger partial charge < -0.3 is 4.74 Å². The monoisotopic (exact) mass is 270 g/mol. The van der Waals surface area contributed by atoms with E-state index in [0.29, 0.717) is 28.7 Å². The van der Waals surface area contributed by atoms with E-state index in [0.717, 1.165) is 12.8 Å². The van der Waals surface area contributed by atoms with E-state index in [1.54, 1.807) is 0 Å². The molecule has 0 bridgehead atoms. The fourth-order valence-corrected chi connectivity index (χ4v) is 2.77. The molecule has 2 atom stereocenters. The summed E-state index contributed by atoms with van der Waals surface area (Å²) in [5.41, 5.74) is 2.39. The Bertz CT molecular complexity index is 405. The highest BCUT2D eigenvalue weighted by atomic mass is 35.5. The Balaban J connectivity index is 2.08. The van der Waals surface area contributed by atoms with Crippen LogP contribution in [-0.2, 0) is 0 Å². The van der Waals surface area contributed by atoms with Crippen molar-refractivity contribution in [2.75, 3.05) is 5.43 Å². The van der Waals surface area contributed by atoms with Crippen molar-refractivity contribution in [3.05, 3.63) is 11.2 Å². The Kier molecular flexibility index (Phi) is 4.24. The van der Waals surface area contributed by atoms with Gasteiger partial charge in [-0.3, -0.25) is 5.43 Å². The normalized spacial score (nSPS) is 27.9. The van der Waals surface area contributed by atoms with Gasteiger partial charge in [-0.15, -0.1) is 0 Å². The highest BCUT2D eigenvalue weighted by molar-refractivity contribution is 6.31. The number of aromatic nitrogens is 2. The number of nitrogens with one attached hydrogen (secondary N) is 1. The molecule has 1 heterocycles. The molecule has 0 amide bonds. The maximum absolute atomic E-state index is 6.03. The summed E-state index contributed by atoms with van der Waals surface area (Å²) in [7, 11) is 0. The predicted molar refractivity (Wildman–Crippen MR) is 71.4 cm³/mol. The fraction of sp³-hybridized carbons (Fsp3) is 0.667. The Morgan fingerprint density at radius 3 is 2.61 bits per heavy atom. The summed E-state index contributed by atoms with van der Waals surface area (Å²) < 4.78 is 5.89. The van der Waals surface area contributed by atoms with E-state index in [-0.39, 0.29) is 6.10 Å². The molecule has 3 N–H and O–H groups in total. The van der Waals surface area contributed by atoms with Crippen LogP contribution in [-0.4, -0.2) is 16.1 Å². The van der Waals surface area contributed by atoms with Crippen LogP contribution in [0.3, 0.4) is 0 Å². The second kappa shape index (κ2) is 5.71. The lowest BCUT2D eigenvalue weighted by Crippen LogP contribution is -2.29. The van der Waals surface area contributed by atoms with Gasteiger partial charge in [-0.1, -0.05) is 25.4 Å². The van der Waals surface area contributed by atoms with Crippen LogP contribution in [0.1, 0.15) is 33.1 Å². The van der Waals surface area contributed by atoms with Gasteiger partial charge in [0.2, 0.25) is 11.8 Å². The zero-order valence-corrected chi connectivity index (χ0v) is 11.4. The molecule has 5 nitrogen and oxygen atoms in total. The number of hydrogen-bond acceptors (Lipinski definition) is 5. The van der Waals surface area contributed by atoms with E-state index in [1.165, 1.54) is 12.6 Å². The standard InChI is InChI=1S/C12H19ClN4O/c1-7-3-8(2)5-9(4-7)18-11-10(13)6-15-12(16-11)17-14/h6-9H,3-5,14H2,1-2H3,(H,15,16,17). The highest BCUT2D eigenvalue weighted by Gasteiger charge is 2.26. The minimum absolute atomic E-state index is 0.168. The molecule has 1 aromatic heterocycles. The van der Waals surface area contributed by atoms with E-state index in [1.807, 2.05) is 0 Å². The average Bonchev–Trinajstić information content (AvgIpc) is 2.30. The molecule has 1 fully saturated rings. The Morgan fingerprint density at radius 1 is 1.33 bits per heavy atom. The molecule has 6 heteroatoms. The van der Waals surface area contributed by atoms with Crippen LogP contribution in [0, 0.1) is 11.8 Å². The third kappa shape index (κ3) is 3.23. The van der Waals surface area contributed by atoms with E-state index in [4.69, 9.17) is 22.2 Å². The summed E-state index contributed by atoms with van der Waals surface area (Å²) in [6.07, 6.45) is 5.00. The fourth-order valence-electron chi connectivity index (χ4n) is 2.63. The SMILES string of the molecule is CC1CC(C)CC(Oc2nc(NN)ncc2Cl)C1. The number of ether oxygens (including phenoxy) is 1. The van der Waals surface area contributed by atoms with Gasteiger partial charge in [-0.05, 0) is 31.1 Å². The lowest BCUT2D eigenvalue weighted by atomic mass is 9.82. The number of rotatable bonds is 3. The molecule has 0 saturated heterocycles. The molecule has 2 unspecified atom stereocenters. The second-order valence-electron chi connectivity index (χ2n) is 5.15. The molecular formula is C12H19ClN4O. The van der Waals surface area contributed by atoms with Crippen LogP contribution in [0.15, 0.2) is 6.20 Å². The summed E-state index contributed by atoms with van der Waals surface area (Å²) in [5, 5.41) is 0.417. The van der Waals surface area contributed by atoms with Gasteiger partial charge in [-0.25, -0.2) is 10.8 Å². The maximum Gasteiger partial charge on any atom is 0.240 e. The lowest BCUT2D eigenvalue weighted by Gasteiger charge is -2.31. The van der Waals surface area contributed by atoms with Gasteiger partial charge in [0.1, 0.15) is 11.1 Å². The van der Waals surface area contributed by atoms with Crippen LogP contribution in [0.5, 0.6) is 5.88 Å². The first-order valence-electron chi connectivity index (χ1n) is 6.24. The number of hydrogen-bond donors (Lipinski definition) is 2. The maximum atomic E-state index is 6.03. The third-order valence-electron chi connectivity index (χ3n) is 3.25. The average molecular weight is 271 g/mol. The molecule has 18 heavy (non-hydrogen) atoms. The van der Waals surface area contributed by atoms with E-state index >= 15 is 0 Å². The number of nitrogens with zero attached hydrogens (tertiary/aromatic N) is 2. The Morgan fingerprint density at radius 2 is 2.00 bits per heavy atom. The zero-order valence-electron chi connectivity index (χ0n) is 10.7. The Labute approximate surface area is 112 Å². The number of anilines is 1. The van der Waals surface area contributed by atoms with Gasteiger partial charge in [0.25, 0.3) is 0 Å². The number of nitrogen functional groups attached to an aromatic ring is 1. The van der Waals surface area contributed by atoms with Crippen molar-refractivity contribution in [2.45, 2.75) is 39.2 Å². The van der Waals surface area contributed by atoms with Crippen LogP contribution in [0.4, 0.5) is 5.95 Å². The third-order valence-corrected chi connectivity index (χ3v) is 3.51. The van der Waals surface area contributed by atoms with E-state index < -0.39 is 0 Å². The summed E-state index contributed by atoms with van der Waals surface area (Å²) in [4.78, 5) is 8.05. The van der Waals surface area contributed by atoms with Crippen molar-refractivity contribution in [2.24, 2.45) is 17.7 Å². The molecular weight excluding hydrogens is 252 g/mol. The van der Waals surface area contributed by atoms with Crippen molar-refractivity contribution >= 4 is 17.5 Å². The van der Waals surface area contributed by atoms with Gasteiger partial charge >= 0.3 is 0 Å². The molecule has 0 aliphatic heterocycles. The first-order chi connectivity index (χ1) is 8.58. The largest absolute Gasteiger partial charge is 0.473 e. The summed E-state index contributed by atoms with van der Waals surface area (Å²) >= 11 is 6.03. The van der Waals surface area contributed by atoms with Crippen molar-refractivity contribution in [1.29, 1.82) is 0 Å². The predicted octanol–water partition coefficient (Wildman–Crippen LogP) is 2.62. The summed E-state index contributed by atoms with van der Waals surface area (Å²) in [6, 6.07) is 0. The molecule has 0 radical (unpaired) electrons. The van der Waals surface area contributed by atoms with Gasteiger partial charge in [-0.2, -0.15) is 4.98 Å². The van der Waals surface area contributed by atoms with E-state index in [2.05, 4.69) is 29.2 Å². The summed E-state index contributed by atoms with van der Waals surface area (Å²) in [6.45, 7) is 4.50. The quantitative estimate of drug-likeness (QED) is 0.652.